The standard InChI is InChI=1S/C24H25N5O4/c1-13(30-15-7-6-14-5-4-9-26-17(14)11-15)18-19-20(33-24(2,3)32-19)23(31-18)29-10-8-16-21(25)27-12-28-22(16)29/h4-13,18-20,23H,1-3H3,(H2,25,27,28)/t13?,18?,19-,20-,23-/m1/s1. The van der Waals surface area contributed by atoms with Crippen LogP contribution < -0.4 is 10.5 Å². The Morgan fingerprint density at radius 3 is 2.82 bits per heavy atom. The first kappa shape index (κ1) is 20.3. The zero-order valence-corrected chi connectivity index (χ0v) is 18.6. The third-order valence-electron chi connectivity index (χ3n) is 6.24. The second-order valence-corrected chi connectivity index (χ2v) is 8.96. The number of ether oxygens (including phenoxy) is 4. The Morgan fingerprint density at radius 1 is 1.09 bits per heavy atom. The summed E-state index contributed by atoms with van der Waals surface area (Å²) in [4.78, 5) is 12.9. The summed E-state index contributed by atoms with van der Waals surface area (Å²) in [6.07, 6.45) is 3.37. The molecule has 33 heavy (non-hydrogen) atoms. The summed E-state index contributed by atoms with van der Waals surface area (Å²) < 4.78 is 27.3. The summed E-state index contributed by atoms with van der Waals surface area (Å²) in [6.45, 7) is 5.80. The van der Waals surface area contributed by atoms with E-state index in [1.165, 1.54) is 6.33 Å². The number of hydrogen-bond donors (Lipinski definition) is 1. The summed E-state index contributed by atoms with van der Waals surface area (Å²) in [7, 11) is 0. The second kappa shape index (κ2) is 7.38. The van der Waals surface area contributed by atoms with Crippen LogP contribution in [0.15, 0.2) is 55.1 Å². The van der Waals surface area contributed by atoms with E-state index in [4.69, 9.17) is 24.7 Å². The molecule has 0 radical (unpaired) electrons. The predicted molar refractivity (Wildman–Crippen MR) is 122 cm³/mol. The highest BCUT2D eigenvalue weighted by atomic mass is 16.8. The lowest BCUT2D eigenvalue weighted by Gasteiger charge is -2.28. The maximum absolute atomic E-state index is 6.51. The molecule has 0 aliphatic carbocycles. The molecule has 2 aliphatic rings. The van der Waals surface area contributed by atoms with Crippen LogP contribution in [0.1, 0.15) is 27.0 Å². The van der Waals surface area contributed by atoms with Crippen LogP contribution in [0.5, 0.6) is 5.75 Å². The van der Waals surface area contributed by atoms with Gasteiger partial charge in [0.15, 0.2) is 12.0 Å². The zero-order valence-electron chi connectivity index (χ0n) is 18.6. The van der Waals surface area contributed by atoms with Crippen molar-refractivity contribution in [1.29, 1.82) is 0 Å². The second-order valence-electron chi connectivity index (χ2n) is 8.96. The van der Waals surface area contributed by atoms with Crippen molar-refractivity contribution in [1.82, 2.24) is 19.5 Å². The van der Waals surface area contributed by atoms with Crippen LogP contribution in [-0.2, 0) is 14.2 Å². The van der Waals surface area contributed by atoms with Gasteiger partial charge in [0.1, 0.15) is 48.0 Å². The molecule has 3 aromatic heterocycles. The highest BCUT2D eigenvalue weighted by Crippen LogP contribution is 2.45. The minimum absolute atomic E-state index is 0.303. The van der Waals surface area contributed by atoms with Gasteiger partial charge in [-0.1, -0.05) is 6.07 Å². The van der Waals surface area contributed by atoms with Gasteiger partial charge < -0.3 is 29.2 Å². The molecule has 5 heterocycles. The number of aromatic nitrogens is 4. The van der Waals surface area contributed by atoms with Gasteiger partial charge in [-0.05, 0) is 45.0 Å². The number of nitrogens with zero attached hydrogens (tertiary/aromatic N) is 4. The Kier molecular flexibility index (Phi) is 4.55. The quantitative estimate of drug-likeness (QED) is 0.507. The van der Waals surface area contributed by atoms with Crippen molar-refractivity contribution in [2.24, 2.45) is 0 Å². The first-order chi connectivity index (χ1) is 15.9. The van der Waals surface area contributed by atoms with Gasteiger partial charge in [-0.25, -0.2) is 9.97 Å². The largest absolute Gasteiger partial charge is 0.488 e. The fourth-order valence-electron chi connectivity index (χ4n) is 4.81. The number of anilines is 1. The number of pyridine rings is 1. The van der Waals surface area contributed by atoms with Crippen LogP contribution in [0.3, 0.4) is 0 Å². The average Bonchev–Trinajstić information content (AvgIpc) is 3.45. The lowest BCUT2D eigenvalue weighted by atomic mass is 10.1. The van der Waals surface area contributed by atoms with Crippen LogP contribution in [0.4, 0.5) is 5.82 Å². The van der Waals surface area contributed by atoms with Gasteiger partial charge >= 0.3 is 0 Å². The van der Waals surface area contributed by atoms with Crippen molar-refractivity contribution in [3.8, 4) is 5.75 Å². The molecule has 0 amide bonds. The first-order valence-electron chi connectivity index (χ1n) is 11.0. The summed E-state index contributed by atoms with van der Waals surface area (Å²) in [6, 6.07) is 11.7. The van der Waals surface area contributed by atoms with Crippen LogP contribution >= 0.6 is 0 Å². The van der Waals surface area contributed by atoms with Gasteiger partial charge in [0.2, 0.25) is 0 Å². The molecule has 9 nitrogen and oxygen atoms in total. The molecule has 1 aromatic carbocycles. The smallest absolute Gasteiger partial charge is 0.165 e. The van der Waals surface area contributed by atoms with Gasteiger partial charge in [0.05, 0.1) is 10.9 Å². The summed E-state index contributed by atoms with van der Waals surface area (Å²) >= 11 is 0. The van der Waals surface area contributed by atoms with Crippen molar-refractivity contribution in [3.63, 3.8) is 0 Å². The van der Waals surface area contributed by atoms with Gasteiger partial charge in [0, 0.05) is 23.8 Å². The molecule has 0 bridgehead atoms. The highest BCUT2D eigenvalue weighted by Gasteiger charge is 2.57. The summed E-state index contributed by atoms with van der Waals surface area (Å²) in [5.41, 5.74) is 7.60. The Balaban J connectivity index is 1.31. The van der Waals surface area contributed by atoms with Crippen molar-refractivity contribution in [2.75, 3.05) is 5.73 Å². The molecule has 9 heteroatoms. The lowest BCUT2D eigenvalue weighted by Crippen LogP contribution is -2.40. The molecule has 6 rings (SSSR count). The van der Waals surface area contributed by atoms with Crippen LogP contribution in [-0.4, -0.2) is 49.7 Å². The van der Waals surface area contributed by atoms with E-state index in [2.05, 4.69) is 15.0 Å². The normalized spacial score (nSPS) is 27.1. The molecule has 0 saturated carbocycles. The fraction of sp³-hybridized carbons (Fsp3) is 0.375. The fourth-order valence-corrected chi connectivity index (χ4v) is 4.81. The Hall–Kier alpha value is -3.27. The van der Waals surface area contributed by atoms with Gasteiger partial charge in [0.25, 0.3) is 0 Å². The average molecular weight is 447 g/mol. The molecule has 2 fully saturated rings. The van der Waals surface area contributed by atoms with E-state index >= 15 is 0 Å². The summed E-state index contributed by atoms with van der Waals surface area (Å²) in [5, 5.41) is 1.83. The van der Waals surface area contributed by atoms with E-state index in [-0.39, 0.29) is 24.4 Å². The summed E-state index contributed by atoms with van der Waals surface area (Å²) in [5.74, 6) is 0.414. The monoisotopic (exact) mass is 447 g/mol. The van der Waals surface area contributed by atoms with Crippen LogP contribution in [0.25, 0.3) is 21.9 Å². The maximum Gasteiger partial charge on any atom is 0.165 e. The minimum atomic E-state index is -0.737. The minimum Gasteiger partial charge on any atom is -0.488 e. The predicted octanol–water partition coefficient (Wildman–Crippen LogP) is 3.45. The van der Waals surface area contributed by atoms with Crippen LogP contribution in [0.2, 0.25) is 0 Å². The topological polar surface area (TPSA) is 107 Å². The number of nitrogens with two attached hydrogens (primary N) is 1. The molecule has 2 unspecified atom stereocenters. The number of rotatable bonds is 4. The van der Waals surface area contributed by atoms with E-state index in [0.29, 0.717) is 11.5 Å². The molecule has 5 atom stereocenters. The van der Waals surface area contributed by atoms with E-state index in [9.17, 15) is 0 Å². The number of benzene rings is 1. The Labute approximate surface area is 190 Å². The molecule has 170 valence electrons. The number of nitrogen functional groups attached to an aromatic ring is 1. The van der Waals surface area contributed by atoms with E-state index < -0.39 is 12.0 Å². The van der Waals surface area contributed by atoms with E-state index in [1.54, 1.807) is 6.20 Å². The molecule has 2 aliphatic heterocycles. The van der Waals surface area contributed by atoms with Crippen molar-refractivity contribution in [2.45, 2.75) is 57.2 Å². The molecule has 4 aromatic rings. The molecular formula is C24H25N5O4. The number of hydrogen-bond acceptors (Lipinski definition) is 8. The van der Waals surface area contributed by atoms with Gasteiger partial charge in [-0.15, -0.1) is 0 Å². The molecular weight excluding hydrogens is 422 g/mol. The van der Waals surface area contributed by atoms with Crippen molar-refractivity contribution >= 4 is 27.8 Å². The SMILES string of the molecule is CC(Oc1ccc2cccnc2c1)C1O[C@@H](n2ccc3c(N)ncnc32)[C@@H]2OC(C)(C)O[C@H]12. The first-order valence-corrected chi connectivity index (χ1v) is 11.0. The highest BCUT2D eigenvalue weighted by molar-refractivity contribution is 5.86. The molecule has 2 N–H and O–H groups in total. The Morgan fingerprint density at radius 2 is 1.94 bits per heavy atom. The van der Waals surface area contributed by atoms with Crippen molar-refractivity contribution in [3.05, 3.63) is 55.1 Å². The third kappa shape index (κ3) is 3.40. The Bertz CT molecular complexity index is 1340. The lowest BCUT2D eigenvalue weighted by molar-refractivity contribution is -0.204. The number of fused-ring (bicyclic) bond motifs is 3. The van der Waals surface area contributed by atoms with Crippen LogP contribution in [0, 0.1) is 0 Å². The van der Waals surface area contributed by atoms with Crippen molar-refractivity contribution < 1.29 is 18.9 Å². The van der Waals surface area contributed by atoms with E-state index in [1.807, 2.05) is 67.9 Å². The molecule has 0 spiro atoms. The molecule has 2 saturated heterocycles. The van der Waals surface area contributed by atoms with Gasteiger partial charge in [-0.2, -0.15) is 0 Å². The third-order valence-corrected chi connectivity index (χ3v) is 6.24. The maximum atomic E-state index is 6.51. The zero-order chi connectivity index (χ0) is 22.7. The van der Waals surface area contributed by atoms with Gasteiger partial charge in [-0.3, -0.25) is 4.98 Å². The van der Waals surface area contributed by atoms with E-state index in [0.717, 1.165) is 22.0 Å².